The number of amides is 1. The van der Waals surface area contributed by atoms with E-state index in [1.807, 2.05) is 42.5 Å². The standard InChI is InChI=1S/C23H24N2O3S/c1-17(2)19-11-13-22(14-12-19)29(27,28)25-21-10-6-9-20(15-21)23(26)24-16-18-7-4-3-5-8-18/h3-15,17,25H,16H2,1-2H3,(H,24,26). The van der Waals surface area contributed by atoms with E-state index in [9.17, 15) is 13.2 Å². The second-order valence-corrected chi connectivity index (χ2v) is 8.76. The Morgan fingerprint density at radius 2 is 1.59 bits per heavy atom. The highest BCUT2D eigenvalue weighted by Gasteiger charge is 2.15. The van der Waals surface area contributed by atoms with Crippen molar-refractivity contribution in [2.24, 2.45) is 0 Å². The van der Waals surface area contributed by atoms with Crippen LogP contribution in [0.2, 0.25) is 0 Å². The van der Waals surface area contributed by atoms with Gasteiger partial charge >= 0.3 is 0 Å². The highest BCUT2D eigenvalue weighted by molar-refractivity contribution is 7.92. The third kappa shape index (κ3) is 5.45. The van der Waals surface area contributed by atoms with Crippen molar-refractivity contribution in [1.29, 1.82) is 0 Å². The summed E-state index contributed by atoms with van der Waals surface area (Å²) in [5.41, 5.74) is 2.78. The maximum absolute atomic E-state index is 12.7. The molecule has 5 nitrogen and oxygen atoms in total. The summed E-state index contributed by atoms with van der Waals surface area (Å²) < 4.78 is 27.9. The van der Waals surface area contributed by atoms with Gasteiger partial charge in [0.1, 0.15) is 0 Å². The van der Waals surface area contributed by atoms with Gasteiger partial charge in [0, 0.05) is 17.8 Å². The van der Waals surface area contributed by atoms with E-state index in [2.05, 4.69) is 23.9 Å². The summed E-state index contributed by atoms with van der Waals surface area (Å²) in [5, 5.41) is 2.84. The summed E-state index contributed by atoms with van der Waals surface area (Å²) in [6.07, 6.45) is 0. The zero-order valence-electron chi connectivity index (χ0n) is 16.4. The molecule has 0 aromatic heterocycles. The number of carbonyl (C=O) groups excluding carboxylic acids is 1. The molecule has 0 heterocycles. The first-order valence-electron chi connectivity index (χ1n) is 9.40. The molecule has 0 fully saturated rings. The van der Waals surface area contributed by atoms with E-state index < -0.39 is 10.0 Å². The quantitative estimate of drug-likeness (QED) is 0.603. The number of benzene rings is 3. The van der Waals surface area contributed by atoms with Gasteiger partial charge < -0.3 is 5.32 Å². The van der Waals surface area contributed by atoms with Gasteiger partial charge in [0.15, 0.2) is 0 Å². The van der Waals surface area contributed by atoms with Crippen LogP contribution in [0.25, 0.3) is 0 Å². The summed E-state index contributed by atoms with van der Waals surface area (Å²) in [7, 11) is -3.74. The maximum Gasteiger partial charge on any atom is 0.261 e. The molecule has 3 aromatic carbocycles. The Hall–Kier alpha value is -3.12. The normalized spacial score (nSPS) is 11.3. The molecular weight excluding hydrogens is 384 g/mol. The Morgan fingerprint density at radius 3 is 2.24 bits per heavy atom. The Kier molecular flexibility index (Phi) is 6.34. The average molecular weight is 409 g/mol. The van der Waals surface area contributed by atoms with Crippen LogP contribution >= 0.6 is 0 Å². The van der Waals surface area contributed by atoms with Crippen molar-refractivity contribution >= 4 is 21.6 Å². The Balaban J connectivity index is 1.70. The first-order chi connectivity index (χ1) is 13.8. The number of sulfonamides is 1. The predicted molar refractivity (Wildman–Crippen MR) is 115 cm³/mol. The Bertz CT molecular complexity index is 1080. The van der Waals surface area contributed by atoms with Crippen LogP contribution in [0, 0.1) is 0 Å². The molecule has 0 aliphatic carbocycles. The molecule has 0 aliphatic heterocycles. The van der Waals surface area contributed by atoms with E-state index in [1.165, 1.54) is 6.07 Å². The first-order valence-corrected chi connectivity index (χ1v) is 10.9. The molecule has 0 saturated heterocycles. The molecular formula is C23H24N2O3S. The molecule has 1 amide bonds. The molecule has 0 spiro atoms. The van der Waals surface area contributed by atoms with Crippen LogP contribution < -0.4 is 10.0 Å². The molecule has 3 aromatic rings. The number of nitrogens with one attached hydrogen (secondary N) is 2. The fourth-order valence-corrected chi connectivity index (χ4v) is 3.90. The second-order valence-electron chi connectivity index (χ2n) is 7.08. The lowest BCUT2D eigenvalue weighted by Gasteiger charge is -2.11. The van der Waals surface area contributed by atoms with Crippen LogP contribution in [-0.2, 0) is 16.6 Å². The van der Waals surface area contributed by atoms with Gasteiger partial charge in [0.2, 0.25) is 0 Å². The lowest BCUT2D eigenvalue weighted by Crippen LogP contribution is -2.23. The van der Waals surface area contributed by atoms with E-state index in [-0.39, 0.29) is 10.8 Å². The van der Waals surface area contributed by atoms with Crippen molar-refractivity contribution in [3.05, 3.63) is 95.6 Å². The van der Waals surface area contributed by atoms with Gasteiger partial charge in [-0.25, -0.2) is 8.42 Å². The van der Waals surface area contributed by atoms with E-state index in [1.54, 1.807) is 30.3 Å². The minimum atomic E-state index is -3.74. The van der Waals surface area contributed by atoms with Gasteiger partial charge in [-0.3, -0.25) is 9.52 Å². The van der Waals surface area contributed by atoms with Crippen LogP contribution in [0.4, 0.5) is 5.69 Å². The molecule has 0 unspecified atom stereocenters. The highest BCUT2D eigenvalue weighted by atomic mass is 32.2. The maximum atomic E-state index is 12.7. The first kappa shape index (κ1) is 20.6. The molecule has 0 saturated carbocycles. The predicted octanol–water partition coefficient (Wildman–Crippen LogP) is 4.54. The molecule has 6 heteroatoms. The topological polar surface area (TPSA) is 75.3 Å². The van der Waals surface area contributed by atoms with Crippen molar-refractivity contribution in [2.45, 2.75) is 31.2 Å². The van der Waals surface area contributed by atoms with E-state index >= 15 is 0 Å². The minimum Gasteiger partial charge on any atom is -0.348 e. The van der Waals surface area contributed by atoms with Crippen LogP contribution in [-0.4, -0.2) is 14.3 Å². The molecule has 0 bridgehead atoms. The molecule has 29 heavy (non-hydrogen) atoms. The fourth-order valence-electron chi connectivity index (χ4n) is 2.85. The Labute approximate surface area is 171 Å². The van der Waals surface area contributed by atoms with Gasteiger partial charge in [-0.05, 0) is 47.4 Å². The van der Waals surface area contributed by atoms with Crippen LogP contribution in [0.1, 0.15) is 41.3 Å². The SMILES string of the molecule is CC(C)c1ccc(S(=O)(=O)Nc2cccc(C(=O)NCc3ccccc3)c2)cc1. The number of hydrogen-bond donors (Lipinski definition) is 2. The molecule has 0 radical (unpaired) electrons. The van der Waals surface area contributed by atoms with Gasteiger partial charge in [-0.1, -0.05) is 62.4 Å². The summed E-state index contributed by atoms with van der Waals surface area (Å²) in [6.45, 7) is 4.50. The average Bonchev–Trinajstić information content (AvgIpc) is 2.72. The second kappa shape index (κ2) is 8.92. The van der Waals surface area contributed by atoms with Crippen LogP contribution in [0.5, 0.6) is 0 Å². The molecule has 150 valence electrons. The van der Waals surface area contributed by atoms with Gasteiger partial charge in [-0.15, -0.1) is 0 Å². The van der Waals surface area contributed by atoms with Crippen molar-refractivity contribution in [2.75, 3.05) is 4.72 Å². The van der Waals surface area contributed by atoms with Crippen molar-refractivity contribution in [3.8, 4) is 0 Å². The van der Waals surface area contributed by atoms with E-state index in [4.69, 9.17) is 0 Å². The van der Waals surface area contributed by atoms with Crippen LogP contribution in [0.3, 0.4) is 0 Å². The monoisotopic (exact) mass is 408 g/mol. The molecule has 3 rings (SSSR count). The lowest BCUT2D eigenvalue weighted by molar-refractivity contribution is 0.0951. The molecule has 2 N–H and O–H groups in total. The number of anilines is 1. The summed E-state index contributed by atoms with van der Waals surface area (Å²) in [4.78, 5) is 12.6. The number of hydrogen-bond acceptors (Lipinski definition) is 3. The van der Waals surface area contributed by atoms with Crippen molar-refractivity contribution in [3.63, 3.8) is 0 Å². The minimum absolute atomic E-state index is 0.181. The van der Waals surface area contributed by atoms with E-state index in [0.29, 0.717) is 23.7 Å². The van der Waals surface area contributed by atoms with Crippen molar-refractivity contribution < 1.29 is 13.2 Å². The van der Waals surface area contributed by atoms with Crippen molar-refractivity contribution in [1.82, 2.24) is 5.32 Å². The van der Waals surface area contributed by atoms with Gasteiger partial charge in [0.25, 0.3) is 15.9 Å². The third-order valence-corrected chi connectivity index (χ3v) is 5.93. The summed E-state index contributed by atoms with van der Waals surface area (Å²) in [6, 6.07) is 22.8. The van der Waals surface area contributed by atoms with Gasteiger partial charge in [0.05, 0.1) is 4.90 Å². The smallest absolute Gasteiger partial charge is 0.261 e. The van der Waals surface area contributed by atoms with Gasteiger partial charge in [-0.2, -0.15) is 0 Å². The zero-order chi connectivity index (χ0) is 20.9. The fraction of sp³-hybridized carbons (Fsp3) is 0.174. The largest absolute Gasteiger partial charge is 0.348 e. The Morgan fingerprint density at radius 1 is 0.897 bits per heavy atom. The summed E-state index contributed by atoms with van der Waals surface area (Å²) in [5.74, 6) is 0.0574. The van der Waals surface area contributed by atoms with Crippen LogP contribution in [0.15, 0.2) is 83.8 Å². The lowest BCUT2D eigenvalue weighted by atomic mass is 10.0. The number of rotatable bonds is 7. The molecule has 0 atom stereocenters. The molecule has 0 aliphatic rings. The summed E-state index contributed by atoms with van der Waals surface area (Å²) >= 11 is 0. The highest BCUT2D eigenvalue weighted by Crippen LogP contribution is 2.20. The van der Waals surface area contributed by atoms with E-state index in [0.717, 1.165) is 11.1 Å². The zero-order valence-corrected chi connectivity index (χ0v) is 17.2. The third-order valence-electron chi connectivity index (χ3n) is 4.53. The number of carbonyl (C=O) groups is 1.